The lowest BCUT2D eigenvalue weighted by molar-refractivity contribution is 0.0952. The van der Waals surface area contributed by atoms with Crippen molar-refractivity contribution in [3.8, 4) is 0 Å². The molecule has 1 aromatic heterocycles. The fourth-order valence-electron chi connectivity index (χ4n) is 2.94. The molecular weight excluding hydrogens is 424 g/mol. The molecular formula is C21H23ClN4O3S. The number of sulfonamides is 1. The van der Waals surface area contributed by atoms with Crippen molar-refractivity contribution in [2.24, 2.45) is 0 Å². The molecule has 0 aliphatic carbocycles. The summed E-state index contributed by atoms with van der Waals surface area (Å²) in [5.41, 5.74) is 1.77. The summed E-state index contributed by atoms with van der Waals surface area (Å²) >= 11 is 6.01. The van der Waals surface area contributed by atoms with E-state index in [4.69, 9.17) is 11.6 Å². The number of aromatic nitrogens is 2. The maximum atomic E-state index is 12.3. The zero-order chi connectivity index (χ0) is 21.6. The normalized spacial score (nSPS) is 11.3. The van der Waals surface area contributed by atoms with Crippen LogP contribution in [0.3, 0.4) is 0 Å². The van der Waals surface area contributed by atoms with Gasteiger partial charge in [-0.2, -0.15) is 0 Å². The lowest BCUT2D eigenvalue weighted by Gasteiger charge is -2.22. The molecule has 1 N–H and O–H groups in total. The Morgan fingerprint density at radius 1 is 1.20 bits per heavy atom. The van der Waals surface area contributed by atoms with Crippen LogP contribution in [-0.2, 0) is 23.1 Å². The number of hydrogen-bond donors (Lipinski definition) is 1. The van der Waals surface area contributed by atoms with Crippen molar-refractivity contribution in [3.63, 3.8) is 0 Å². The molecule has 0 aliphatic heterocycles. The molecule has 30 heavy (non-hydrogen) atoms. The van der Waals surface area contributed by atoms with E-state index in [1.54, 1.807) is 61.1 Å². The molecule has 2 aromatic carbocycles. The molecule has 3 aromatic rings. The minimum absolute atomic E-state index is 0.145. The first-order chi connectivity index (χ1) is 14.3. The number of halogens is 1. The molecule has 9 heteroatoms. The van der Waals surface area contributed by atoms with Crippen molar-refractivity contribution in [2.75, 3.05) is 17.1 Å². The molecule has 0 bridgehead atoms. The van der Waals surface area contributed by atoms with Crippen molar-refractivity contribution >= 4 is 33.2 Å². The van der Waals surface area contributed by atoms with E-state index in [9.17, 15) is 13.2 Å². The summed E-state index contributed by atoms with van der Waals surface area (Å²) in [5.74, 6) is -0.165. The Morgan fingerprint density at radius 3 is 2.60 bits per heavy atom. The Kier molecular flexibility index (Phi) is 7.12. The maximum Gasteiger partial charge on any atom is 0.251 e. The predicted octanol–water partition coefficient (Wildman–Crippen LogP) is 3.32. The standard InChI is InChI=1S/C21H23ClN4O3S/c1-30(28,29)26(20-5-2-4-19(22)14-20)15-17-6-8-18(9-7-17)21(27)24-10-3-12-25-13-11-23-16-25/h2,4-9,11,13-14,16H,3,10,12,15H2,1H3,(H,24,27). The van der Waals surface area contributed by atoms with Crippen LogP contribution in [0.1, 0.15) is 22.3 Å². The summed E-state index contributed by atoms with van der Waals surface area (Å²) in [5, 5.41) is 3.34. The van der Waals surface area contributed by atoms with Gasteiger partial charge in [0.1, 0.15) is 0 Å². The van der Waals surface area contributed by atoms with Gasteiger partial charge in [-0.15, -0.1) is 0 Å². The number of aryl methyl sites for hydroxylation is 1. The van der Waals surface area contributed by atoms with Crippen LogP contribution in [0.4, 0.5) is 5.69 Å². The Labute approximate surface area is 181 Å². The number of nitrogens with one attached hydrogen (secondary N) is 1. The first kappa shape index (κ1) is 21.9. The molecule has 158 valence electrons. The molecule has 0 unspecified atom stereocenters. The number of carbonyl (C=O) groups is 1. The van der Waals surface area contributed by atoms with Crippen LogP contribution < -0.4 is 9.62 Å². The van der Waals surface area contributed by atoms with E-state index in [0.717, 1.165) is 24.8 Å². The van der Waals surface area contributed by atoms with Crippen LogP contribution >= 0.6 is 11.6 Å². The molecule has 3 rings (SSSR count). The van der Waals surface area contributed by atoms with Gasteiger partial charge < -0.3 is 9.88 Å². The third-order valence-corrected chi connectivity index (χ3v) is 5.85. The van der Waals surface area contributed by atoms with Gasteiger partial charge in [-0.1, -0.05) is 29.8 Å². The molecule has 0 spiro atoms. The minimum atomic E-state index is -3.50. The van der Waals surface area contributed by atoms with Crippen molar-refractivity contribution in [1.29, 1.82) is 0 Å². The lowest BCUT2D eigenvalue weighted by Crippen LogP contribution is -2.29. The fourth-order valence-corrected chi connectivity index (χ4v) is 4.01. The highest BCUT2D eigenvalue weighted by atomic mass is 35.5. The van der Waals surface area contributed by atoms with Crippen molar-refractivity contribution in [2.45, 2.75) is 19.5 Å². The number of rotatable bonds is 9. The van der Waals surface area contributed by atoms with Gasteiger partial charge in [0.2, 0.25) is 10.0 Å². The smallest absolute Gasteiger partial charge is 0.251 e. The van der Waals surface area contributed by atoms with Crippen LogP contribution in [0.2, 0.25) is 5.02 Å². The Bertz CT molecular complexity index is 1080. The van der Waals surface area contributed by atoms with Gasteiger partial charge in [-0.05, 0) is 42.3 Å². The van der Waals surface area contributed by atoms with E-state index >= 15 is 0 Å². The summed E-state index contributed by atoms with van der Waals surface area (Å²) in [4.78, 5) is 16.3. The fraction of sp³-hybridized carbons (Fsp3) is 0.238. The zero-order valence-electron chi connectivity index (χ0n) is 16.5. The van der Waals surface area contributed by atoms with Gasteiger partial charge in [0, 0.05) is 36.1 Å². The van der Waals surface area contributed by atoms with E-state index in [1.165, 1.54) is 4.31 Å². The highest BCUT2D eigenvalue weighted by Gasteiger charge is 2.18. The van der Waals surface area contributed by atoms with E-state index < -0.39 is 10.0 Å². The number of carbonyl (C=O) groups excluding carboxylic acids is 1. The van der Waals surface area contributed by atoms with Gasteiger partial charge in [-0.3, -0.25) is 9.10 Å². The third-order valence-electron chi connectivity index (χ3n) is 4.48. The zero-order valence-corrected chi connectivity index (χ0v) is 18.1. The minimum Gasteiger partial charge on any atom is -0.352 e. The first-order valence-electron chi connectivity index (χ1n) is 9.39. The van der Waals surface area contributed by atoms with Crippen molar-refractivity contribution in [3.05, 3.63) is 83.4 Å². The highest BCUT2D eigenvalue weighted by molar-refractivity contribution is 7.92. The predicted molar refractivity (Wildman–Crippen MR) is 118 cm³/mol. The number of amides is 1. The highest BCUT2D eigenvalue weighted by Crippen LogP contribution is 2.24. The molecule has 1 amide bonds. The summed E-state index contributed by atoms with van der Waals surface area (Å²) in [6, 6.07) is 13.6. The van der Waals surface area contributed by atoms with Crippen molar-refractivity contribution in [1.82, 2.24) is 14.9 Å². The maximum absolute atomic E-state index is 12.3. The molecule has 0 atom stereocenters. The second-order valence-electron chi connectivity index (χ2n) is 6.86. The van der Waals surface area contributed by atoms with E-state index in [0.29, 0.717) is 22.8 Å². The average Bonchev–Trinajstić information content (AvgIpc) is 3.22. The summed E-state index contributed by atoms with van der Waals surface area (Å²) in [6.07, 6.45) is 7.29. The molecule has 0 radical (unpaired) electrons. The summed E-state index contributed by atoms with van der Waals surface area (Å²) in [7, 11) is -3.50. The van der Waals surface area contributed by atoms with E-state index in [-0.39, 0.29) is 12.5 Å². The third kappa shape index (κ3) is 6.08. The Balaban J connectivity index is 1.60. The molecule has 7 nitrogen and oxygen atoms in total. The second kappa shape index (κ2) is 9.77. The van der Waals surface area contributed by atoms with Crippen LogP contribution in [0.25, 0.3) is 0 Å². The Morgan fingerprint density at radius 2 is 1.97 bits per heavy atom. The van der Waals surface area contributed by atoms with Gasteiger partial charge in [0.25, 0.3) is 5.91 Å². The van der Waals surface area contributed by atoms with Gasteiger partial charge >= 0.3 is 0 Å². The topological polar surface area (TPSA) is 84.3 Å². The van der Waals surface area contributed by atoms with Gasteiger partial charge in [0.05, 0.1) is 24.8 Å². The SMILES string of the molecule is CS(=O)(=O)N(Cc1ccc(C(=O)NCCCn2ccnc2)cc1)c1cccc(Cl)c1. The van der Waals surface area contributed by atoms with Crippen LogP contribution in [0, 0.1) is 0 Å². The van der Waals surface area contributed by atoms with Crippen LogP contribution in [-0.4, -0.2) is 36.7 Å². The lowest BCUT2D eigenvalue weighted by atomic mass is 10.1. The molecule has 0 saturated heterocycles. The van der Waals surface area contributed by atoms with Crippen LogP contribution in [0.5, 0.6) is 0 Å². The van der Waals surface area contributed by atoms with Crippen molar-refractivity contribution < 1.29 is 13.2 Å². The molecule has 0 saturated carbocycles. The molecule has 1 heterocycles. The van der Waals surface area contributed by atoms with E-state index in [2.05, 4.69) is 10.3 Å². The second-order valence-corrected chi connectivity index (χ2v) is 9.20. The number of imidazole rings is 1. The number of hydrogen-bond acceptors (Lipinski definition) is 4. The first-order valence-corrected chi connectivity index (χ1v) is 11.6. The van der Waals surface area contributed by atoms with E-state index in [1.807, 2.05) is 10.8 Å². The van der Waals surface area contributed by atoms with Gasteiger partial charge in [-0.25, -0.2) is 13.4 Å². The molecule has 0 fully saturated rings. The van der Waals surface area contributed by atoms with Gasteiger partial charge in [0.15, 0.2) is 0 Å². The quantitative estimate of drug-likeness (QED) is 0.511. The number of anilines is 1. The largest absolute Gasteiger partial charge is 0.352 e. The summed E-state index contributed by atoms with van der Waals surface area (Å²) in [6.45, 7) is 1.48. The molecule has 0 aliphatic rings. The average molecular weight is 447 g/mol. The number of benzene rings is 2. The Hall–Kier alpha value is -2.84. The number of nitrogens with zero attached hydrogens (tertiary/aromatic N) is 3. The van der Waals surface area contributed by atoms with Crippen LogP contribution in [0.15, 0.2) is 67.3 Å². The summed E-state index contributed by atoms with van der Waals surface area (Å²) < 4.78 is 27.8. The monoisotopic (exact) mass is 446 g/mol.